The first-order chi connectivity index (χ1) is 9.17. The van der Waals surface area contributed by atoms with Gasteiger partial charge in [-0.3, -0.25) is 14.7 Å². The number of nitrogens with one attached hydrogen (secondary N) is 1. The largest absolute Gasteiger partial charge is 0.496 e. The third-order valence-electron chi connectivity index (χ3n) is 3.31. The number of aromatic nitrogens is 1. The van der Waals surface area contributed by atoms with Crippen molar-refractivity contribution in [1.82, 2.24) is 15.2 Å². The normalized spacial score (nSPS) is 15.9. The van der Waals surface area contributed by atoms with Crippen LogP contribution in [-0.4, -0.2) is 54.8 Å². The van der Waals surface area contributed by atoms with Crippen molar-refractivity contribution in [3.63, 3.8) is 0 Å². The molecule has 2 N–H and O–H groups in total. The highest BCUT2D eigenvalue weighted by molar-refractivity contribution is 5.92. The average molecular weight is 265 g/mol. The molecule has 6 nitrogen and oxygen atoms in total. The van der Waals surface area contributed by atoms with Crippen LogP contribution in [0.1, 0.15) is 16.1 Å². The van der Waals surface area contributed by atoms with E-state index in [9.17, 15) is 4.79 Å². The molecule has 1 aromatic heterocycles. The van der Waals surface area contributed by atoms with Crippen molar-refractivity contribution in [2.24, 2.45) is 5.92 Å². The number of likely N-dealkylation sites (tertiary alicyclic amines) is 1. The molecule has 104 valence electrons. The summed E-state index contributed by atoms with van der Waals surface area (Å²) in [6.45, 7) is 2.73. The predicted molar refractivity (Wildman–Crippen MR) is 70.0 cm³/mol. The number of hydrogen-bond acceptors (Lipinski definition) is 5. The van der Waals surface area contributed by atoms with Gasteiger partial charge in [0.15, 0.2) is 0 Å². The smallest absolute Gasteiger partial charge is 0.269 e. The Bertz CT molecular complexity index is 458. The van der Waals surface area contributed by atoms with Crippen LogP contribution >= 0.6 is 0 Å². The summed E-state index contributed by atoms with van der Waals surface area (Å²) < 4.78 is 5.31. The van der Waals surface area contributed by atoms with Crippen molar-refractivity contribution in [2.75, 3.05) is 33.9 Å². The molecule has 0 atom stereocenters. The van der Waals surface area contributed by atoms with Crippen LogP contribution in [0.5, 0.6) is 5.75 Å². The Kier molecular flexibility index (Phi) is 4.34. The number of hydrogen-bond donors (Lipinski definition) is 2. The summed E-state index contributed by atoms with van der Waals surface area (Å²) in [5.74, 6) is 0.819. The summed E-state index contributed by atoms with van der Waals surface area (Å²) in [5, 5.41) is 11.5. The van der Waals surface area contributed by atoms with Crippen LogP contribution in [0.3, 0.4) is 0 Å². The van der Waals surface area contributed by atoms with Crippen LogP contribution in [0, 0.1) is 5.92 Å². The summed E-state index contributed by atoms with van der Waals surface area (Å²) in [5.41, 5.74) is 1.30. The summed E-state index contributed by atoms with van der Waals surface area (Å²) in [4.78, 5) is 17.8. The lowest BCUT2D eigenvalue weighted by molar-refractivity contribution is 0.0473. The topological polar surface area (TPSA) is 74.7 Å². The number of carbonyl (C=O) groups excluding carboxylic acids is 1. The van der Waals surface area contributed by atoms with Crippen LogP contribution in [0.15, 0.2) is 12.3 Å². The van der Waals surface area contributed by atoms with E-state index < -0.39 is 0 Å². The van der Waals surface area contributed by atoms with Crippen molar-refractivity contribution < 1.29 is 14.6 Å². The van der Waals surface area contributed by atoms with Crippen molar-refractivity contribution in [3.05, 3.63) is 23.5 Å². The van der Waals surface area contributed by atoms with E-state index >= 15 is 0 Å². The fraction of sp³-hybridized carbons (Fsp3) is 0.538. The lowest BCUT2D eigenvalue weighted by Crippen LogP contribution is -2.47. The molecule has 0 bridgehead atoms. The zero-order valence-electron chi connectivity index (χ0n) is 11.2. The van der Waals surface area contributed by atoms with E-state index in [0.29, 0.717) is 17.4 Å². The van der Waals surface area contributed by atoms with Crippen LogP contribution in [0.2, 0.25) is 0 Å². The summed E-state index contributed by atoms with van der Waals surface area (Å²) in [7, 11) is 3.15. The van der Waals surface area contributed by atoms with Gasteiger partial charge in [0, 0.05) is 57.0 Å². The number of aliphatic hydroxyl groups is 1. The van der Waals surface area contributed by atoms with Gasteiger partial charge in [-0.15, -0.1) is 0 Å². The molecule has 6 heteroatoms. The molecule has 2 heterocycles. The molecule has 1 saturated heterocycles. The summed E-state index contributed by atoms with van der Waals surface area (Å²) in [6, 6.07) is 1.65. The van der Waals surface area contributed by atoms with Crippen molar-refractivity contribution in [3.8, 4) is 5.75 Å². The van der Waals surface area contributed by atoms with Crippen LogP contribution in [0.4, 0.5) is 0 Å². The Morgan fingerprint density at radius 3 is 2.95 bits per heavy atom. The number of nitrogens with zero attached hydrogens (tertiary/aromatic N) is 2. The highest BCUT2D eigenvalue weighted by Crippen LogP contribution is 2.24. The molecule has 1 aromatic rings. The monoisotopic (exact) mass is 265 g/mol. The molecule has 1 fully saturated rings. The van der Waals surface area contributed by atoms with Crippen molar-refractivity contribution in [1.29, 1.82) is 0 Å². The van der Waals surface area contributed by atoms with E-state index in [-0.39, 0.29) is 12.5 Å². The molecule has 0 saturated carbocycles. The lowest BCUT2D eigenvalue weighted by Gasteiger charge is -2.38. The van der Waals surface area contributed by atoms with E-state index in [0.717, 1.165) is 25.2 Å². The highest BCUT2D eigenvalue weighted by atomic mass is 16.5. The first-order valence-corrected chi connectivity index (χ1v) is 6.26. The van der Waals surface area contributed by atoms with E-state index in [1.54, 1.807) is 26.4 Å². The number of aliphatic hydroxyl groups excluding tert-OH is 1. The predicted octanol–water partition coefficient (Wildman–Crippen LogP) is -0.126. The minimum Gasteiger partial charge on any atom is -0.496 e. The lowest BCUT2D eigenvalue weighted by atomic mass is 10.0. The maximum Gasteiger partial charge on any atom is 0.269 e. The number of carbonyl (C=O) groups is 1. The fourth-order valence-corrected chi connectivity index (χ4v) is 2.19. The highest BCUT2D eigenvalue weighted by Gasteiger charge is 2.26. The van der Waals surface area contributed by atoms with Gasteiger partial charge in [-0.05, 0) is 0 Å². The molecule has 0 unspecified atom stereocenters. The molecule has 0 aliphatic carbocycles. The molecule has 0 radical (unpaired) electrons. The Hall–Kier alpha value is -1.66. The molecular weight excluding hydrogens is 246 g/mol. The maximum atomic E-state index is 11.5. The second-order valence-corrected chi connectivity index (χ2v) is 4.70. The Morgan fingerprint density at radius 1 is 1.63 bits per heavy atom. The summed E-state index contributed by atoms with van der Waals surface area (Å²) >= 11 is 0. The quantitative estimate of drug-likeness (QED) is 0.776. The molecule has 0 aromatic carbocycles. The first-order valence-electron chi connectivity index (χ1n) is 6.26. The Labute approximate surface area is 112 Å². The van der Waals surface area contributed by atoms with Crippen LogP contribution in [-0.2, 0) is 6.54 Å². The zero-order chi connectivity index (χ0) is 13.8. The van der Waals surface area contributed by atoms with E-state index in [4.69, 9.17) is 9.84 Å². The zero-order valence-corrected chi connectivity index (χ0v) is 11.2. The third-order valence-corrected chi connectivity index (χ3v) is 3.31. The maximum absolute atomic E-state index is 11.5. The number of rotatable bonds is 5. The SMILES string of the molecule is CNC(=O)c1cc(OC)c(CN2CC(CO)C2)cn1. The minimum atomic E-state index is -0.228. The standard InChI is InChI=1S/C13H19N3O3/c1-14-13(18)11-3-12(19-2)10(4-15-11)7-16-5-9(6-16)8-17/h3-4,9,17H,5-8H2,1-2H3,(H,14,18). The molecule has 1 aliphatic rings. The third kappa shape index (κ3) is 3.02. The van der Waals surface area contributed by atoms with Crippen molar-refractivity contribution >= 4 is 5.91 Å². The molecule has 1 aliphatic heterocycles. The minimum absolute atomic E-state index is 0.228. The Balaban J connectivity index is 2.06. The van der Waals surface area contributed by atoms with Gasteiger partial charge in [0.1, 0.15) is 11.4 Å². The van der Waals surface area contributed by atoms with Gasteiger partial charge in [0.25, 0.3) is 5.91 Å². The molecular formula is C13H19N3O3. The van der Waals surface area contributed by atoms with Crippen molar-refractivity contribution in [2.45, 2.75) is 6.54 Å². The first kappa shape index (κ1) is 13.8. The molecule has 1 amide bonds. The number of amides is 1. The van der Waals surface area contributed by atoms with E-state index in [2.05, 4.69) is 15.2 Å². The van der Waals surface area contributed by atoms with Gasteiger partial charge in [0.05, 0.1) is 7.11 Å². The van der Waals surface area contributed by atoms with Gasteiger partial charge in [0.2, 0.25) is 0 Å². The van der Waals surface area contributed by atoms with Gasteiger partial charge >= 0.3 is 0 Å². The molecule has 19 heavy (non-hydrogen) atoms. The van der Waals surface area contributed by atoms with Gasteiger partial charge in [-0.25, -0.2) is 0 Å². The van der Waals surface area contributed by atoms with E-state index in [1.165, 1.54) is 0 Å². The Morgan fingerprint density at radius 2 is 2.37 bits per heavy atom. The van der Waals surface area contributed by atoms with Crippen LogP contribution in [0.25, 0.3) is 0 Å². The van der Waals surface area contributed by atoms with Crippen LogP contribution < -0.4 is 10.1 Å². The second kappa shape index (κ2) is 5.99. The number of pyridine rings is 1. The fourth-order valence-electron chi connectivity index (χ4n) is 2.19. The van der Waals surface area contributed by atoms with E-state index in [1.807, 2.05) is 0 Å². The van der Waals surface area contributed by atoms with Gasteiger partial charge in [-0.2, -0.15) is 0 Å². The van der Waals surface area contributed by atoms with Gasteiger partial charge in [-0.1, -0.05) is 0 Å². The van der Waals surface area contributed by atoms with Gasteiger partial charge < -0.3 is 15.2 Å². The number of ether oxygens (including phenoxy) is 1. The molecule has 2 rings (SSSR count). The number of methoxy groups -OCH3 is 1. The average Bonchev–Trinajstić information content (AvgIpc) is 2.41. The second-order valence-electron chi connectivity index (χ2n) is 4.70. The summed E-state index contributed by atoms with van der Waals surface area (Å²) in [6.07, 6.45) is 1.68. The molecule has 0 spiro atoms.